The summed E-state index contributed by atoms with van der Waals surface area (Å²) in [5, 5.41) is 50.8. The van der Waals surface area contributed by atoms with Crippen LogP contribution in [0.1, 0.15) is 57.6 Å². The molecule has 8 aromatic rings. The third kappa shape index (κ3) is 10.2. The molecule has 1 fully saturated rings. The van der Waals surface area contributed by atoms with Gasteiger partial charge >= 0.3 is 11.4 Å². The second kappa shape index (κ2) is 21.1. The smallest absolute Gasteiger partial charge is 0.306 e. The number of nitro groups is 2. The zero-order chi connectivity index (χ0) is 51.9. The Bertz CT molecular complexity index is 3530. The van der Waals surface area contributed by atoms with Gasteiger partial charge in [-0.25, -0.2) is 19.9 Å². The number of fused-ring (bicyclic) bond motifs is 7. The van der Waals surface area contributed by atoms with E-state index in [9.17, 15) is 39.2 Å². The lowest BCUT2D eigenvalue weighted by atomic mass is 9.99. The molecule has 1 saturated heterocycles. The molecule has 11 rings (SSSR count). The van der Waals surface area contributed by atoms with E-state index in [-0.39, 0.29) is 44.5 Å². The van der Waals surface area contributed by atoms with Crippen molar-refractivity contribution >= 4 is 56.5 Å². The Morgan fingerprint density at radius 1 is 0.676 bits per heavy atom. The maximum atomic E-state index is 14.0. The highest BCUT2D eigenvalue weighted by Crippen LogP contribution is 2.43. The summed E-state index contributed by atoms with van der Waals surface area (Å²) in [6, 6.07) is 24.0. The average Bonchev–Trinajstić information content (AvgIpc) is 3.97. The SMILES string of the molecule is C.CC#CC.Cc1cc(F)c([N+](=O)[O-])cc1Nc1nccc(-c2c3n(c4ccccc24)CC(O)C(O)C3)n1.Cc1cc(F)c([N+](=O)[O-])cc1Nc1nccc(-c2c3n(c4ccccc24)CC2OC(C)(C)OC2C3)n1. The molecule has 0 spiro atoms. The number of aliphatic hydroxyl groups is 2. The maximum absolute atomic E-state index is 14.0. The van der Waals surface area contributed by atoms with Crippen LogP contribution < -0.4 is 10.6 Å². The number of nitro benzene ring substituents is 2. The molecule has 4 N–H and O–H groups in total. The Morgan fingerprint density at radius 2 is 1.12 bits per heavy atom. The highest BCUT2D eigenvalue weighted by Gasteiger charge is 2.45. The van der Waals surface area contributed by atoms with Gasteiger partial charge < -0.3 is 39.5 Å². The van der Waals surface area contributed by atoms with Crippen molar-refractivity contribution in [2.24, 2.45) is 0 Å². The zero-order valence-corrected chi connectivity index (χ0v) is 40.6. The summed E-state index contributed by atoms with van der Waals surface area (Å²) in [7, 11) is 0. The molecule has 382 valence electrons. The van der Waals surface area contributed by atoms with Crippen LogP contribution in [0.2, 0.25) is 0 Å². The molecule has 4 atom stereocenters. The zero-order valence-electron chi connectivity index (χ0n) is 40.6. The quantitative estimate of drug-likeness (QED) is 0.0630. The summed E-state index contributed by atoms with van der Waals surface area (Å²) in [4.78, 5) is 38.7. The van der Waals surface area contributed by atoms with Crippen molar-refractivity contribution in [1.82, 2.24) is 29.1 Å². The molecule has 4 aromatic carbocycles. The average molecular weight is 1010 g/mol. The van der Waals surface area contributed by atoms with Gasteiger partial charge in [-0.2, -0.15) is 8.78 Å². The number of aromatic nitrogens is 6. The molecular formula is C54H54F2N10O8. The molecule has 4 aromatic heterocycles. The lowest BCUT2D eigenvalue weighted by Crippen LogP contribution is -2.37. The van der Waals surface area contributed by atoms with Crippen LogP contribution in [0.25, 0.3) is 44.3 Å². The molecule has 74 heavy (non-hydrogen) atoms. The molecule has 7 heterocycles. The van der Waals surface area contributed by atoms with Crippen LogP contribution in [0.5, 0.6) is 0 Å². The van der Waals surface area contributed by atoms with E-state index >= 15 is 0 Å². The number of nitrogens with one attached hydrogen (secondary N) is 2. The molecule has 18 nitrogen and oxygen atoms in total. The Balaban J connectivity index is 0.000000182. The number of hydrogen-bond acceptors (Lipinski definition) is 14. The van der Waals surface area contributed by atoms with Crippen molar-refractivity contribution in [2.75, 3.05) is 10.6 Å². The normalized spacial score (nSPS) is 17.9. The van der Waals surface area contributed by atoms with E-state index < -0.39 is 50.9 Å². The number of nitrogens with zero attached hydrogens (tertiary/aromatic N) is 8. The Labute approximate surface area is 424 Å². The molecule has 20 heteroatoms. The van der Waals surface area contributed by atoms with Gasteiger partial charge in [0.1, 0.15) is 6.10 Å². The number of benzene rings is 4. The fourth-order valence-corrected chi connectivity index (χ4v) is 9.60. The number of rotatable bonds is 8. The molecule has 3 aliphatic heterocycles. The highest BCUT2D eigenvalue weighted by molar-refractivity contribution is 5.98. The van der Waals surface area contributed by atoms with Crippen molar-refractivity contribution in [1.29, 1.82) is 0 Å². The summed E-state index contributed by atoms with van der Waals surface area (Å²) < 4.78 is 44.5. The van der Waals surface area contributed by atoms with Crippen molar-refractivity contribution in [3.63, 3.8) is 0 Å². The van der Waals surface area contributed by atoms with E-state index in [2.05, 4.69) is 54.1 Å². The van der Waals surface area contributed by atoms with E-state index in [0.29, 0.717) is 46.9 Å². The number of para-hydroxylation sites is 2. The minimum absolute atomic E-state index is 0. The van der Waals surface area contributed by atoms with E-state index in [0.717, 1.165) is 68.6 Å². The first-order valence-corrected chi connectivity index (χ1v) is 23.3. The van der Waals surface area contributed by atoms with Crippen LogP contribution in [0.3, 0.4) is 0 Å². The fourth-order valence-electron chi connectivity index (χ4n) is 9.60. The van der Waals surface area contributed by atoms with E-state index in [1.807, 2.05) is 74.7 Å². The molecular weight excluding hydrogens is 955 g/mol. The molecule has 4 unspecified atom stereocenters. The first-order valence-electron chi connectivity index (χ1n) is 23.3. The van der Waals surface area contributed by atoms with Gasteiger partial charge in [0.2, 0.25) is 23.5 Å². The summed E-state index contributed by atoms with van der Waals surface area (Å²) in [6.07, 6.45) is 2.30. The number of aliphatic hydroxyl groups excluding tert-OH is 2. The minimum Gasteiger partial charge on any atom is -0.390 e. The van der Waals surface area contributed by atoms with Crippen LogP contribution in [0.15, 0.2) is 97.3 Å². The van der Waals surface area contributed by atoms with Crippen LogP contribution in [-0.4, -0.2) is 79.3 Å². The third-order valence-corrected chi connectivity index (χ3v) is 13.0. The number of anilines is 4. The van der Waals surface area contributed by atoms with Crippen molar-refractivity contribution < 1.29 is 38.3 Å². The van der Waals surface area contributed by atoms with Crippen molar-refractivity contribution in [2.45, 2.75) is 105 Å². The predicted octanol–water partition coefficient (Wildman–Crippen LogP) is 10.4. The van der Waals surface area contributed by atoms with E-state index in [1.165, 1.54) is 0 Å². The second-order valence-corrected chi connectivity index (χ2v) is 18.2. The number of ether oxygens (including phenoxy) is 2. The lowest BCUT2D eigenvalue weighted by Gasteiger charge is -2.27. The molecule has 0 saturated carbocycles. The van der Waals surface area contributed by atoms with Gasteiger partial charge in [-0.05, 0) is 89.1 Å². The van der Waals surface area contributed by atoms with E-state index in [4.69, 9.17) is 14.5 Å². The van der Waals surface area contributed by atoms with Crippen LogP contribution in [0.4, 0.5) is 43.4 Å². The summed E-state index contributed by atoms with van der Waals surface area (Å²) >= 11 is 0. The first-order chi connectivity index (χ1) is 34.9. The molecule has 0 aliphatic carbocycles. The monoisotopic (exact) mass is 1010 g/mol. The largest absolute Gasteiger partial charge is 0.390 e. The van der Waals surface area contributed by atoms with Gasteiger partial charge in [0.25, 0.3) is 0 Å². The van der Waals surface area contributed by atoms with Gasteiger partial charge in [-0.3, -0.25) is 20.2 Å². The van der Waals surface area contributed by atoms with Gasteiger partial charge in [0.15, 0.2) is 5.79 Å². The van der Waals surface area contributed by atoms with E-state index in [1.54, 1.807) is 32.3 Å². The summed E-state index contributed by atoms with van der Waals surface area (Å²) in [6.45, 7) is 11.7. The van der Waals surface area contributed by atoms with Crippen molar-refractivity contribution in [3.05, 3.63) is 152 Å². The molecule has 3 aliphatic rings. The van der Waals surface area contributed by atoms with Crippen LogP contribution >= 0.6 is 0 Å². The third-order valence-electron chi connectivity index (χ3n) is 13.0. The maximum Gasteiger partial charge on any atom is 0.306 e. The van der Waals surface area contributed by atoms with Gasteiger partial charge in [-0.15, -0.1) is 11.8 Å². The Kier molecular flexibility index (Phi) is 14.9. The lowest BCUT2D eigenvalue weighted by molar-refractivity contribution is -0.387. The molecule has 0 bridgehead atoms. The first kappa shape index (κ1) is 52.1. The second-order valence-electron chi connectivity index (χ2n) is 18.2. The van der Waals surface area contributed by atoms with Crippen LogP contribution in [0, 0.1) is 57.6 Å². The fraction of sp³-hybridized carbons (Fsp3) is 0.296. The van der Waals surface area contributed by atoms with Gasteiger partial charge in [0.05, 0.1) is 64.0 Å². The van der Waals surface area contributed by atoms with Crippen LogP contribution in [-0.2, 0) is 35.4 Å². The minimum atomic E-state index is -0.912. The Morgan fingerprint density at radius 3 is 1.59 bits per heavy atom. The van der Waals surface area contributed by atoms with Crippen molar-refractivity contribution in [3.8, 4) is 34.4 Å². The van der Waals surface area contributed by atoms with Gasteiger partial charge in [-0.1, -0.05) is 43.8 Å². The summed E-state index contributed by atoms with van der Waals surface area (Å²) in [5.74, 6) is 3.39. The highest BCUT2D eigenvalue weighted by atomic mass is 19.1. The number of hydrogen-bond donors (Lipinski definition) is 4. The number of aryl methyl sites for hydroxylation is 2. The standard InChI is InChI=1S/C26H24FN5O4.C23H20FN5O4.C4H6.CH4/c1-14-10-16(27)20(32(33)34)11-18(14)30-25-28-9-8-17(29-25)24-15-6-4-5-7-19(15)31-13-23-22(12-21(24)31)35-26(2,3)36-23;1-12-8-14(24)18(29(32)33)9-16(12)27-23-25-7-6-15(26-23)22-13-4-2-3-5-17(13)28-11-21(31)20(30)10-19(22)28;1-3-4-2;/h4-11,22-23H,12-13H2,1-3H3,(H,28,29,30);2-9,20-21,30-31H,10-11H2,1H3,(H,25,26,27);1-2H3;1H4. The van der Waals surface area contributed by atoms with Gasteiger partial charge in [0, 0.05) is 81.7 Å². The number of halogens is 2. The Hall–Kier alpha value is -8.22. The summed E-state index contributed by atoms with van der Waals surface area (Å²) in [5.41, 5.74) is 7.51. The topological polar surface area (TPSA) is 231 Å². The molecule has 0 radical (unpaired) electrons. The predicted molar refractivity (Wildman–Crippen MR) is 277 cm³/mol. The molecule has 0 amide bonds.